The van der Waals surface area contributed by atoms with Crippen molar-refractivity contribution in [3.8, 4) is 5.75 Å². The van der Waals surface area contributed by atoms with Crippen molar-refractivity contribution in [2.45, 2.75) is 6.42 Å². The van der Waals surface area contributed by atoms with Gasteiger partial charge in [-0.1, -0.05) is 23.7 Å². The topological polar surface area (TPSA) is 86.6 Å². The van der Waals surface area contributed by atoms with Crippen molar-refractivity contribution in [2.75, 3.05) is 5.32 Å². The van der Waals surface area contributed by atoms with Crippen molar-refractivity contribution in [1.29, 1.82) is 0 Å². The summed E-state index contributed by atoms with van der Waals surface area (Å²) in [7, 11) is 0. The molecule has 5 nitrogen and oxygen atoms in total. The van der Waals surface area contributed by atoms with Crippen LogP contribution in [0.15, 0.2) is 42.5 Å². The minimum atomic E-state index is -0.941. The number of aromatic hydroxyl groups is 1. The molecule has 0 radical (unpaired) electrons. The molecule has 0 heterocycles. The molecule has 0 saturated carbocycles. The third kappa shape index (κ3) is 3.97. The van der Waals surface area contributed by atoms with Gasteiger partial charge in [-0.25, -0.2) is 0 Å². The Morgan fingerprint density at radius 3 is 2.57 bits per heavy atom. The number of phenolic OH excluding ortho intramolecular Hbond substituents is 1. The smallest absolute Gasteiger partial charge is 0.307 e. The minimum Gasteiger partial charge on any atom is -0.506 e. The van der Waals surface area contributed by atoms with E-state index in [9.17, 15) is 14.7 Å². The van der Waals surface area contributed by atoms with E-state index in [-0.39, 0.29) is 17.2 Å². The molecule has 3 N–H and O–H groups in total. The average molecular weight is 306 g/mol. The Labute approximate surface area is 125 Å². The molecule has 0 bridgehead atoms. The molecule has 0 spiro atoms. The number of phenols is 1. The number of anilines is 1. The quantitative estimate of drug-likeness (QED) is 0.810. The summed E-state index contributed by atoms with van der Waals surface area (Å²) in [6, 6.07) is 10.7. The number of hydrogen-bond donors (Lipinski definition) is 3. The number of carbonyl (C=O) groups excluding carboxylic acids is 1. The van der Waals surface area contributed by atoms with Crippen LogP contribution in [0.3, 0.4) is 0 Å². The lowest BCUT2D eigenvalue weighted by Gasteiger charge is -2.07. The van der Waals surface area contributed by atoms with Gasteiger partial charge in [-0.05, 0) is 35.9 Å². The molecule has 0 aliphatic heterocycles. The van der Waals surface area contributed by atoms with Crippen LogP contribution >= 0.6 is 11.6 Å². The fraction of sp³-hybridized carbons (Fsp3) is 0.0667. The van der Waals surface area contributed by atoms with Crippen molar-refractivity contribution in [3.05, 3.63) is 58.6 Å². The van der Waals surface area contributed by atoms with Crippen molar-refractivity contribution in [3.63, 3.8) is 0 Å². The van der Waals surface area contributed by atoms with Gasteiger partial charge >= 0.3 is 5.97 Å². The standard InChI is InChI=1S/C15H12ClNO4/c16-12-8-10(4-5-13(12)18)15(21)17-11-3-1-2-9(6-11)7-14(19)20/h1-6,8,18H,7H2,(H,17,21)(H,19,20). The lowest BCUT2D eigenvalue weighted by atomic mass is 10.1. The summed E-state index contributed by atoms with van der Waals surface area (Å²) in [6.45, 7) is 0. The molecule has 0 saturated heterocycles. The summed E-state index contributed by atoms with van der Waals surface area (Å²) in [5, 5.41) is 20.8. The molecule has 2 aromatic carbocycles. The Kier molecular flexibility index (Phi) is 4.45. The Balaban J connectivity index is 2.15. The van der Waals surface area contributed by atoms with Crippen molar-refractivity contribution in [1.82, 2.24) is 0 Å². The van der Waals surface area contributed by atoms with Gasteiger partial charge in [0.15, 0.2) is 0 Å². The lowest BCUT2D eigenvalue weighted by molar-refractivity contribution is -0.136. The van der Waals surface area contributed by atoms with Crippen LogP contribution in [-0.2, 0) is 11.2 Å². The molecule has 2 aromatic rings. The molecule has 6 heteroatoms. The van der Waals surface area contributed by atoms with Crippen molar-refractivity contribution < 1.29 is 19.8 Å². The van der Waals surface area contributed by atoms with E-state index in [0.29, 0.717) is 16.8 Å². The number of benzene rings is 2. The van der Waals surface area contributed by atoms with Gasteiger partial charge in [-0.2, -0.15) is 0 Å². The van der Waals surface area contributed by atoms with Gasteiger partial charge in [-0.3, -0.25) is 9.59 Å². The number of amides is 1. The summed E-state index contributed by atoms with van der Waals surface area (Å²) < 4.78 is 0. The van der Waals surface area contributed by atoms with E-state index in [2.05, 4.69) is 5.32 Å². The van der Waals surface area contributed by atoms with E-state index in [0.717, 1.165) is 0 Å². The van der Waals surface area contributed by atoms with Gasteiger partial charge in [0, 0.05) is 11.3 Å². The van der Waals surface area contributed by atoms with E-state index in [4.69, 9.17) is 16.7 Å². The maximum absolute atomic E-state index is 12.0. The third-order valence-corrected chi connectivity index (χ3v) is 3.05. The second kappa shape index (κ2) is 6.28. The molecule has 0 aliphatic rings. The van der Waals surface area contributed by atoms with E-state index in [1.807, 2.05) is 0 Å². The summed E-state index contributed by atoms with van der Waals surface area (Å²) >= 11 is 5.75. The number of rotatable bonds is 4. The number of nitrogens with one attached hydrogen (secondary N) is 1. The maximum atomic E-state index is 12.0. The average Bonchev–Trinajstić information content (AvgIpc) is 2.41. The molecule has 21 heavy (non-hydrogen) atoms. The fourth-order valence-corrected chi connectivity index (χ4v) is 1.97. The summed E-state index contributed by atoms with van der Waals surface area (Å²) in [4.78, 5) is 22.7. The zero-order valence-corrected chi connectivity index (χ0v) is 11.6. The van der Waals surface area contributed by atoms with E-state index < -0.39 is 11.9 Å². The second-order valence-electron chi connectivity index (χ2n) is 4.39. The van der Waals surface area contributed by atoms with Gasteiger partial charge in [0.2, 0.25) is 0 Å². The summed E-state index contributed by atoms with van der Waals surface area (Å²) in [5.41, 5.74) is 1.37. The van der Waals surface area contributed by atoms with Gasteiger partial charge in [0.1, 0.15) is 5.75 Å². The molecule has 0 unspecified atom stereocenters. The minimum absolute atomic E-state index is 0.0854. The Bertz CT molecular complexity index is 700. The normalized spacial score (nSPS) is 10.1. The fourth-order valence-electron chi connectivity index (χ4n) is 1.79. The largest absolute Gasteiger partial charge is 0.506 e. The Morgan fingerprint density at radius 2 is 1.90 bits per heavy atom. The first-order valence-electron chi connectivity index (χ1n) is 6.06. The SMILES string of the molecule is O=C(O)Cc1cccc(NC(=O)c2ccc(O)c(Cl)c2)c1. The molecule has 108 valence electrons. The molecule has 0 atom stereocenters. The first-order chi connectivity index (χ1) is 9.95. The van der Waals surface area contributed by atoms with Crippen LogP contribution in [0.4, 0.5) is 5.69 Å². The zero-order chi connectivity index (χ0) is 15.4. The number of aliphatic carboxylic acids is 1. The molecule has 0 fully saturated rings. The highest BCUT2D eigenvalue weighted by Gasteiger charge is 2.09. The highest BCUT2D eigenvalue weighted by Crippen LogP contribution is 2.24. The second-order valence-corrected chi connectivity index (χ2v) is 4.80. The highest BCUT2D eigenvalue weighted by atomic mass is 35.5. The summed E-state index contributed by atoms with van der Waals surface area (Å²) in [6.07, 6.45) is -0.116. The maximum Gasteiger partial charge on any atom is 0.307 e. The molecule has 0 aromatic heterocycles. The van der Waals surface area contributed by atoms with Gasteiger partial charge < -0.3 is 15.5 Å². The molecular formula is C15H12ClNO4. The lowest BCUT2D eigenvalue weighted by Crippen LogP contribution is -2.12. The van der Waals surface area contributed by atoms with E-state index in [1.165, 1.54) is 18.2 Å². The number of halogens is 1. The Morgan fingerprint density at radius 1 is 1.14 bits per heavy atom. The van der Waals surface area contributed by atoms with E-state index >= 15 is 0 Å². The zero-order valence-electron chi connectivity index (χ0n) is 10.8. The van der Waals surface area contributed by atoms with Crippen LogP contribution < -0.4 is 5.32 Å². The monoisotopic (exact) mass is 305 g/mol. The van der Waals surface area contributed by atoms with Gasteiger partial charge in [0.25, 0.3) is 5.91 Å². The highest BCUT2D eigenvalue weighted by molar-refractivity contribution is 6.32. The van der Waals surface area contributed by atoms with Crippen LogP contribution in [0.2, 0.25) is 5.02 Å². The van der Waals surface area contributed by atoms with Crippen LogP contribution in [-0.4, -0.2) is 22.1 Å². The Hall–Kier alpha value is -2.53. The van der Waals surface area contributed by atoms with Gasteiger partial charge in [0.05, 0.1) is 11.4 Å². The van der Waals surface area contributed by atoms with Crippen molar-refractivity contribution >= 4 is 29.2 Å². The van der Waals surface area contributed by atoms with Gasteiger partial charge in [-0.15, -0.1) is 0 Å². The number of hydrogen-bond acceptors (Lipinski definition) is 3. The molecular weight excluding hydrogens is 294 g/mol. The van der Waals surface area contributed by atoms with Crippen molar-refractivity contribution in [2.24, 2.45) is 0 Å². The molecule has 0 aliphatic carbocycles. The van der Waals surface area contributed by atoms with Crippen LogP contribution in [0.5, 0.6) is 5.75 Å². The first kappa shape index (κ1) is 14.9. The third-order valence-electron chi connectivity index (χ3n) is 2.75. The molecule has 2 rings (SSSR count). The number of carbonyl (C=O) groups is 2. The number of carboxylic acids is 1. The van der Waals surface area contributed by atoms with Crippen LogP contribution in [0, 0.1) is 0 Å². The summed E-state index contributed by atoms with van der Waals surface area (Å²) in [5.74, 6) is -1.44. The van der Waals surface area contributed by atoms with E-state index in [1.54, 1.807) is 24.3 Å². The predicted octanol–water partition coefficient (Wildman–Crippen LogP) is 2.93. The van der Waals surface area contributed by atoms with Crippen LogP contribution in [0.1, 0.15) is 15.9 Å². The first-order valence-corrected chi connectivity index (χ1v) is 6.44. The number of carboxylic acid groups (broad SMARTS) is 1. The van der Waals surface area contributed by atoms with Crippen LogP contribution in [0.25, 0.3) is 0 Å². The molecule has 1 amide bonds. The predicted molar refractivity (Wildman–Crippen MR) is 78.9 cm³/mol.